The average Bonchev–Trinajstić information content (AvgIpc) is 2.65. The summed E-state index contributed by atoms with van der Waals surface area (Å²) in [6.07, 6.45) is 0. The van der Waals surface area contributed by atoms with Crippen LogP contribution < -0.4 is 10.2 Å². The van der Waals surface area contributed by atoms with Crippen LogP contribution in [0.1, 0.15) is 21.5 Å². The summed E-state index contributed by atoms with van der Waals surface area (Å²) in [6, 6.07) is 10.2. The van der Waals surface area contributed by atoms with Gasteiger partial charge in [-0.25, -0.2) is 0 Å². The lowest BCUT2D eigenvalue weighted by Crippen LogP contribution is -2.36. The summed E-state index contributed by atoms with van der Waals surface area (Å²) in [6.45, 7) is 6.14. The monoisotopic (exact) mass is 355 g/mol. The maximum absolute atomic E-state index is 12.6. The van der Waals surface area contributed by atoms with Crippen LogP contribution in [0.5, 0.6) is 0 Å². The van der Waals surface area contributed by atoms with Crippen LogP contribution in [0.25, 0.3) is 0 Å². The van der Waals surface area contributed by atoms with E-state index in [0.717, 1.165) is 11.1 Å². The maximum Gasteiger partial charge on any atom is 0.293 e. The third kappa shape index (κ3) is 3.67. The van der Waals surface area contributed by atoms with Crippen molar-refractivity contribution in [3.8, 4) is 0 Å². The molecule has 0 unspecified atom stereocenters. The number of nitrogens with one attached hydrogen (secondary N) is 1. The molecule has 0 radical (unpaired) electrons. The Labute approximate surface area is 151 Å². The molecule has 7 nitrogen and oxygen atoms in total. The third-order valence-corrected chi connectivity index (χ3v) is 4.64. The van der Waals surface area contributed by atoms with Gasteiger partial charge in [-0.3, -0.25) is 14.9 Å². The van der Waals surface area contributed by atoms with Gasteiger partial charge in [0.2, 0.25) is 0 Å². The molecular formula is C19H21N3O4. The number of aryl methyl sites for hydroxylation is 1. The van der Waals surface area contributed by atoms with Crippen molar-refractivity contribution in [2.45, 2.75) is 13.8 Å². The number of carbonyl (C=O) groups excluding carboxylic acids is 1. The Morgan fingerprint density at radius 3 is 2.62 bits per heavy atom. The van der Waals surface area contributed by atoms with E-state index in [4.69, 9.17) is 4.74 Å². The van der Waals surface area contributed by atoms with Crippen molar-refractivity contribution in [2.75, 3.05) is 36.5 Å². The highest BCUT2D eigenvalue weighted by Gasteiger charge is 2.23. The number of hydrogen-bond acceptors (Lipinski definition) is 5. The topological polar surface area (TPSA) is 84.7 Å². The first-order valence-corrected chi connectivity index (χ1v) is 8.46. The molecule has 1 N–H and O–H groups in total. The SMILES string of the molecule is Cc1cccc(NC(=O)c2ccc(N3CCOCC3)c([N+](=O)[O-])c2)c1C. The number of rotatable bonds is 4. The first-order valence-electron chi connectivity index (χ1n) is 8.46. The first-order chi connectivity index (χ1) is 12.5. The fourth-order valence-corrected chi connectivity index (χ4v) is 2.96. The van der Waals surface area contributed by atoms with Crippen LogP contribution in [0.2, 0.25) is 0 Å². The van der Waals surface area contributed by atoms with Crippen molar-refractivity contribution in [3.63, 3.8) is 0 Å². The van der Waals surface area contributed by atoms with Gasteiger partial charge < -0.3 is 15.0 Å². The van der Waals surface area contributed by atoms with Crippen molar-refractivity contribution in [1.29, 1.82) is 0 Å². The number of nitrogens with zero attached hydrogens (tertiary/aromatic N) is 2. The summed E-state index contributed by atoms with van der Waals surface area (Å²) in [5, 5.41) is 14.3. The number of amides is 1. The van der Waals surface area contributed by atoms with E-state index in [1.165, 1.54) is 6.07 Å². The number of benzene rings is 2. The zero-order valence-corrected chi connectivity index (χ0v) is 14.8. The van der Waals surface area contributed by atoms with Crippen LogP contribution in [0.15, 0.2) is 36.4 Å². The molecule has 1 aliphatic heterocycles. The van der Waals surface area contributed by atoms with Gasteiger partial charge in [-0.1, -0.05) is 12.1 Å². The van der Waals surface area contributed by atoms with Crippen molar-refractivity contribution >= 4 is 23.0 Å². The molecule has 1 amide bonds. The van der Waals surface area contributed by atoms with Gasteiger partial charge in [-0.15, -0.1) is 0 Å². The molecule has 136 valence electrons. The minimum atomic E-state index is -0.445. The zero-order valence-electron chi connectivity index (χ0n) is 14.8. The Hall–Kier alpha value is -2.93. The van der Waals surface area contributed by atoms with Crippen LogP contribution in [0.3, 0.4) is 0 Å². The standard InChI is InChI=1S/C19H21N3O4/c1-13-4-3-5-16(14(13)2)20-19(23)15-6-7-17(18(12-15)22(24)25)21-8-10-26-11-9-21/h3-7,12H,8-11H2,1-2H3,(H,20,23). The van der Waals surface area contributed by atoms with Gasteiger partial charge in [0, 0.05) is 30.4 Å². The number of nitro groups is 1. The van der Waals surface area contributed by atoms with Gasteiger partial charge in [0.05, 0.1) is 18.1 Å². The number of morpholine rings is 1. The molecule has 3 rings (SSSR count). The molecule has 0 spiro atoms. The van der Waals surface area contributed by atoms with Crippen molar-refractivity contribution in [2.24, 2.45) is 0 Å². The van der Waals surface area contributed by atoms with Gasteiger partial charge in [0.25, 0.3) is 11.6 Å². The molecule has 0 bridgehead atoms. The molecule has 0 aliphatic carbocycles. The molecule has 0 aromatic heterocycles. The van der Waals surface area contributed by atoms with Gasteiger partial charge >= 0.3 is 0 Å². The molecule has 1 fully saturated rings. The summed E-state index contributed by atoms with van der Waals surface area (Å²) >= 11 is 0. The van der Waals surface area contributed by atoms with E-state index in [1.54, 1.807) is 12.1 Å². The quantitative estimate of drug-likeness (QED) is 0.672. The van der Waals surface area contributed by atoms with E-state index in [2.05, 4.69) is 5.32 Å². The normalized spacial score (nSPS) is 14.2. The Morgan fingerprint density at radius 1 is 1.19 bits per heavy atom. The molecule has 1 aliphatic rings. The Kier molecular flexibility index (Phi) is 5.18. The van der Waals surface area contributed by atoms with E-state index in [9.17, 15) is 14.9 Å². The maximum atomic E-state index is 12.6. The Balaban J connectivity index is 1.88. The summed E-state index contributed by atoms with van der Waals surface area (Å²) in [5.74, 6) is -0.365. The molecule has 0 saturated carbocycles. The van der Waals surface area contributed by atoms with Gasteiger partial charge in [-0.2, -0.15) is 0 Å². The highest BCUT2D eigenvalue weighted by Crippen LogP contribution is 2.30. The molecule has 0 atom stereocenters. The second kappa shape index (κ2) is 7.53. The van der Waals surface area contributed by atoms with E-state index >= 15 is 0 Å². The summed E-state index contributed by atoms with van der Waals surface area (Å²) < 4.78 is 5.30. The molecule has 1 saturated heterocycles. The highest BCUT2D eigenvalue weighted by atomic mass is 16.6. The molecular weight excluding hydrogens is 334 g/mol. The average molecular weight is 355 g/mol. The molecule has 2 aromatic carbocycles. The third-order valence-electron chi connectivity index (χ3n) is 4.64. The van der Waals surface area contributed by atoms with Crippen molar-refractivity contribution in [1.82, 2.24) is 0 Å². The Morgan fingerprint density at radius 2 is 1.92 bits per heavy atom. The lowest BCUT2D eigenvalue weighted by atomic mass is 10.1. The summed E-state index contributed by atoms with van der Waals surface area (Å²) in [5.41, 5.74) is 3.45. The van der Waals surface area contributed by atoms with E-state index in [0.29, 0.717) is 37.7 Å². The fourth-order valence-electron chi connectivity index (χ4n) is 2.96. The van der Waals surface area contributed by atoms with Crippen LogP contribution in [-0.2, 0) is 4.74 Å². The predicted molar refractivity (Wildman–Crippen MR) is 100.0 cm³/mol. The zero-order chi connectivity index (χ0) is 18.7. The molecule has 1 heterocycles. The lowest BCUT2D eigenvalue weighted by molar-refractivity contribution is -0.384. The largest absolute Gasteiger partial charge is 0.378 e. The number of carbonyl (C=O) groups is 1. The lowest BCUT2D eigenvalue weighted by Gasteiger charge is -2.28. The van der Waals surface area contributed by atoms with E-state index in [-0.39, 0.29) is 17.2 Å². The number of nitro benzene ring substituents is 1. The smallest absolute Gasteiger partial charge is 0.293 e. The van der Waals surface area contributed by atoms with Crippen LogP contribution >= 0.6 is 0 Å². The Bertz CT molecular complexity index is 845. The number of ether oxygens (including phenoxy) is 1. The van der Waals surface area contributed by atoms with E-state index in [1.807, 2.05) is 36.9 Å². The minimum Gasteiger partial charge on any atom is -0.378 e. The van der Waals surface area contributed by atoms with Gasteiger partial charge in [0.1, 0.15) is 5.69 Å². The minimum absolute atomic E-state index is 0.0690. The number of anilines is 2. The second-order valence-corrected chi connectivity index (χ2v) is 6.26. The van der Waals surface area contributed by atoms with Crippen molar-refractivity contribution < 1.29 is 14.5 Å². The molecule has 2 aromatic rings. The molecule has 7 heteroatoms. The van der Waals surface area contributed by atoms with E-state index < -0.39 is 4.92 Å². The second-order valence-electron chi connectivity index (χ2n) is 6.26. The highest BCUT2D eigenvalue weighted by molar-refractivity contribution is 6.05. The van der Waals surface area contributed by atoms with Crippen molar-refractivity contribution in [3.05, 3.63) is 63.2 Å². The van der Waals surface area contributed by atoms with Crippen LogP contribution in [-0.4, -0.2) is 37.1 Å². The predicted octanol–water partition coefficient (Wildman–Crippen LogP) is 3.30. The van der Waals surface area contributed by atoms with Gasteiger partial charge in [-0.05, 0) is 43.2 Å². The van der Waals surface area contributed by atoms with Crippen LogP contribution in [0.4, 0.5) is 17.1 Å². The fraction of sp³-hybridized carbons (Fsp3) is 0.316. The molecule has 26 heavy (non-hydrogen) atoms. The summed E-state index contributed by atoms with van der Waals surface area (Å²) in [4.78, 5) is 25.6. The van der Waals surface area contributed by atoms with Crippen LogP contribution in [0, 0.1) is 24.0 Å². The first kappa shape index (κ1) is 17.9. The summed E-state index contributed by atoms with van der Waals surface area (Å²) in [7, 11) is 0. The van der Waals surface area contributed by atoms with Gasteiger partial charge in [0.15, 0.2) is 0 Å². The number of hydrogen-bond donors (Lipinski definition) is 1.